The fraction of sp³-hybridized carbons (Fsp3) is 0.438. The van der Waals surface area contributed by atoms with E-state index in [1.807, 2.05) is 19.1 Å². The molecule has 6 heteroatoms. The quantitative estimate of drug-likeness (QED) is 0.815. The van der Waals surface area contributed by atoms with Gasteiger partial charge in [0.15, 0.2) is 0 Å². The molecular formula is C16H20N2O4. The number of nitrogens with one attached hydrogen (secondary N) is 1. The topological polar surface area (TPSA) is 86.7 Å². The fourth-order valence-electron chi connectivity index (χ4n) is 2.47. The van der Waals surface area contributed by atoms with Gasteiger partial charge in [0.1, 0.15) is 5.92 Å². The number of benzene rings is 1. The number of hydrogen-bond donors (Lipinski definition) is 2. The number of carbonyl (C=O) groups is 3. The number of anilines is 2. The SMILES string of the molecule is CCCN1C(=O)CCc2cc(NC(=O)C(C)C(=O)O)ccc21. The zero-order valence-electron chi connectivity index (χ0n) is 12.8. The molecule has 1 unspecified atom stereocenters. The van der Waals surface area contributed by atoms with E-state index in [0.717, 1.165) is 17.7 Å². The van der Waals surface area contributed by atoms with Crippen molar-refractivity contribution in [3.63, 3.8) is 0 Å². The van der Waals surface area contributed by atoms with Crippen molar-refractivity contribution in [2.24, 2.45) is 5.92 Å². The van der Waals surface area contributed by atoms with E-state index in [-0.39, 0.29) is 5.91 Å². The van der Waals surface area contributed by atoms with Crippen molar-refractivity contribution in [2.45, 2.75) is 33.1 Å². The Morgan fingerprint density at radius 1 is 1.36 bits per heavy atom. The predicted molar refractivity (Wildman–Crippen MR) is 82.8 cm³/mol. The lowest BCUT2D eigenvalue weighted by Gasteiger charge is -2.29. The van der Waals surface area contributed by atoms with E-state index >= 15 is 0 Å². The van der Waals surface area contributed by atoms with Crippen LogP contribution in [0.4, 0.5) is 11.4 Å². The number of fused-ring (bicyclic) bond motifs is 1. The largest absolute Gasteiger partial charge is 0.481 e. The van der Waals surface area contributed by atoms with Crippen molar-refractivity contribution in [3.05, 3.63) is 23.8 Å². The molecule has 118 valence electrons. The molecule has 2 amide bonds. The predicted octanol–water partition coefficient (Wildman–Crippen LogP) is 2.03. The van der Waals surface area contributed by atoms with Crippen LogP contribution in [0.15, 0.2) is 18.2 Å². The van der Waals surface area contributed by atoms with Crippen molar-refractivity contribution in [1.29, 1.82) is 0 Å². The number of nitrogens with zero attached hydrogens (tertiary/aromatic N) is 1. The van der Waals surface area contributed by atoms with Gasteiger partial charge >= 0.3 is 5.97 Å². The van der Waals surface area contributed by atoms with E-state index in [1.54, 1.807) is 11.0 Å². The summed E-state index contributed by atoms with van der Waals surface area (Å²) in [6.07, 6.45) is 1.96. The van der Waals surface area contributed by atoms with E-state index in [2.05, 4.69) is 5.32 Å². The highest BCUT2D eigenvalue weighted by atomic mass is 16.4. The molecule has 2 rings (SSSR count). The van der Waals surface area contributed by atoms with Crippen molar-refractivity contribution in [2.75, 3.05) is 16.8 Å². The Kier molecular flexibility index (Phi) is 4.80. The van der Waals surface area contributed by atoms with Gasteiger partial charge in [-0.1, -0.05) is 6.92 Å². The summed E-state index contributed by atoms with van der Waals surface area (Å²) in [5, 5.41) is 11.4. The average molecular weight is 304 g/mol. The van der Waals surface area contributed by atoms with Gasteiger partial charge in [0, 0.05) is 24.3 Å². The van der Waals surface area contributed by atoms with Gasteiger partial charge in [-0.05, 0) is 43.5 Å². The number of carbonyl (C=O) groups excluding carboxylic acids is 2. The summed E-state index contributed by atoms with van der Waals surface area (Å²) in [6.45, 7) is 4.04. The molecule has 6 nitrogen and oxygen atoms in total. The first kappa shape index (κ1) is 16.0. The Balaban J connectivity index is 2.20. The van der Waals surface area contributed by atoms with Gasteiger partial charge in [-0.15, -0.1) is 0 Å². The molecule has 1 aromatic rings. The molecule has 0 bridgehead atoms. The summed E-state index contributed by atoms with van der Waals surface area (Å²) in [4.78, 5) is 36.3. The highest BCUT2D eigenvalue weighted by molar-refractivity contribution is 6.04. The van der Waals surface area contributed by atoms with Crippen LogP contribution in [0.5, 0.6) is 0 Å². The summed E-state index contributed by atoms with van der Waals surface area (Å²) in [7, 11) is 0. The van der Waals surface area contributed by atoms with E-state index in [1.165, 1.54) is 6.92 Å². The minimum atomic E-state index is -1.16. The lowest BCUT2D eigenvalue weighted by Crippen LogP contribution is -2.35. The molecule has 0 saturated carbocycles. The van der Waals surface area contributed by atoms with Crippen LogP contribution in [0.3, 0.4) is 0 Å². The van der Waals surface area contributed by atoms with Gasteiger partial charge in [-0.25, -0.2) is 0 Å². The number of rotatable bonds is 5. The van der Waals surface area contributed by atoms with E-state index in [9.17, 15) is 14.4 Å². The number of carboxylic acid groups (broad SMARTS) is 1. The average Bonchev–Trinajstić information content (AvgIpc) is 2.49. The van der Waals surface area contributed by atoms with Gasteiger partial charge < -0.3 is 15.3 Å². The molecule has 1 aromatic carbocycles. The zero-order chi connectivity index (χ0) is 16.3. The molecule has 22 heavy (non-hydrogen) atoms. The molecule has 1 atom stereocenters. The normalized spacial score (nSPS) is 15.2. The van der Waals surface area contributed by atoms with Crippen molar-refractivity contribution < 1.29 is 19.5 Å². The minimum Gasteiger partial charge on any atom is -0.481 e. The monoisotopic (exact) mass is 304 g/mol. The second-order valence-electron chi connectivity index (χ2n) is 5.44. The third-order valence-electron chi connectivity index (χ3n) is 3.76. The van der Waals surface area contributed by atoms with Crippen LogP contribution in [0.25, 0.3) is 0 Å². The third-order valence-corrected chi connectivity index (χ3v) is 3.76. The molecule has 1 heterocycles. The fourth-order valence-corrected chi connectivity index (χ4v) is 2.47. The smallest absolute Gasteiger partial charge is 0.315 e. The van der Waals surface area contributed by atoms with Crippen LogP contribution in [0.1, 0.15) is 32.3 Å². The van der Waals surface area contributed by atoms with Crippen LogP contribution in [0.2, 0.25) is 0 Å². The second-order valence-corrected chi connectivity index (χ2v) is 5.44. The first-order valence-corrected chi connectivity index (χ1v) is 7.41. The summed E-state index contributed by atoms with van der Waals surface area (Å²) < 4.78 is 0. The maximum Gasteiger partial charge on any atom is 0.315 e. The summed E-state index contributed by atoms with van der Waals surface area (Å²) in [5.41, 5.74) is 2.43. The molecule has 0 spiro atoms. The number of aryl methyl sites for hydroxylation is 1. The lowest BCUT2D eigenvalue weighted by molar-refractivity contribution is -0.144. The van der Waals surface area contributed by atoms with Crippen molar-refractivity contribution in [3.8, 4) is 0 Å². The number of carboxylic acids is 1. The molecule has 0 radical (unpaired) electrons. The molecule has 1 aliphatic heterocycles. The lowest BCUT2D eigenvalue weighted by atomic mass is 10.00. The number of aliphatic carboxylic acids is 1. The zero-order valence-corrected chi connectivity index (χ0v) is 12.8. The van der Waals surface area contributed by atoms with Crippen LogP contribution in [-0.4, -0.2) is 29.4 Å². The Labute approximate surface area is 129 Å². The van der Waals surface area contributed by atoms with Crippen LogP contribution < -0.4 is 10.2 Å². The second kappa shape index (κ2) is 6.60. The molecule has 0 aromatic heterocycles. The molecule has 0 aliphatic carbocycles. The van der Waals surface area contributed by atoms with Gasteiger partial charge in [0.25, 0.3) is 0 Å². The molecule has 2 N–H and O–H groups in total. The molecule has 0 fully saturated rings. The Hall–Kier alpha value is -2.37. The molecule has 0 saturated heterocycles. The highest BCUT2D eigenvalue weighted by Crippen LogP contribution is 2.30. The Bertz CT molecular complexity index is 612. The summed E-state index contributed by atoms with van der Waals surface area (Å²) in [5.74, 6) is -2.69. The maximum atomic E-state index is 12.0. The van der Waals surface area contributed by atoms with E-state index in [4.69, 9.17) is 5.11 Å². The summed E-state index contributed by atoms with van der Waals surface area (Å²) >= 11 is 0. The van der Waals surface area contributed by atoms with Gasteiger partial charge in [-0.2, -0.15) is 0 Å². The van der Waals surface area contributed by atoms with Crippen LogP contribution in [0, 0.1) is 5.92 Å². The van der Waals surface area contributed by atoms with E-state index in [0.29, 0.717) is 25.1 Å². The highest BCUT2D eigenvalue weighted by Gasteiger charge is 2.24. The Morgan fingerprint density at radius 3 is 2.73 bits per heavy atom. The first-order valence-electron chi connectivity index (χ1n) is 7.41. The third kappa shape index (κ3) is 3.27. The van der Waals surface area contributed by atoms with Crippen LogP contribution >= 0.6 is 0 Å². The maximum absolute atomic E-state index is 12.0. The number of hydrogen-bond acceptors (Lipinski definition) is 3. The Morgan fingerprint density at radius 2 is 2.09 bits per heavy atom. The standard InChI is InChI=1S/C16H20N2O4/c1-3-8-18-13-6-5-12(9-11(13)4-7-14(18)19)17-15(20)10(2)16(21)22/h5-6,9-10H,3-4,7-8H2,1-2H3,(H,17,20)(H,21,22). The van der Waals surface area contributed by atoms with E-state index < -0.39 is 17.8 Å². The number of amides is 2. The van der Waals surface area contributed by atoms with Crippen LogP contribution in [-0.2, 0) is 20.8 Å². The minimum absolute atomic E-state index is 0.116. The van der Waals surface area contributed by atoms with Crippen molar-refractivity contribution in [1.82, 2.24) is 0 Å². The molecular weight excluding hydrogens is 284 g/mol. The van der Waals surface area contributed by atoms with Gasteiger partial charge in [-0.3, -0.25) is 14.4 Å². The first-order chi connectivity index (χ1) is 10.4. The summed E-state index contributed by atoms with van der Waals surface area (Å²) in [6, 6.07) is 5.33. The molecule has 1 aliphatic rings. The van der Waals surface area contributed by atoms with Gasteiger partial charge in [0.05, 0.1) is 0 Å². The van der Waals surface area contributed by atoms with Crippen molar-refractivity contribution >= 4 is 29.2 Å². The van der Waals surface area contributed by atoms with Gasteiger partial charge in [0.2, 0.25) is 11.8 Å².